The van der Waals surface area contributed by atoms with Crippen LogP contribution in [0.3, 0.4) is 0 Å². The molecule has 1 aromatic carbocycles. The lowest BCUT2D eigenvalue weighted by molar-refractivity contribution is 0.0997. The molecule has 1 heterocycles. The van der Waals surface area contributed by atoms with E-state index in [0.29, 0.717) is 6.42 Å². The summed E-state index contributed by atoms with van der Waals surface area (Å²) in [5.74, 6) is 0.234. The zero-order chi connectivity index (χ0) is 11.7. The minimum Gasteiger partial charge on any atom is -0.293 e. The van der Waals surface area contributed by atoms with Gasteiger partial charge in [0.1, 0.15) is 0 Å². The number of rotatable bonds is 3. The predicted octanol–water partition coefficient (Wildman–Crippen LogP) is 3.66. The summed E-state index contributed by atoms with van der Waals surface area (Å²) < 4.78 is 0. The molecule has 0 atom stereocenters. The Morgan fingerprint density at radius 1 is 1.18 bits per heavy atom. The molecule has 2 heteroatoms. The van der Waals surface area contributed by atoms with Gasteiger partial charge in [0, 0.05) is 6.42 Å². The first kappa shape index (κ1) is 10.7. The summed E-state index contributed by atoms with van der Waals surface area (Å²) in [4.78, 5) is 12.9. The molecule has 17 heavy (non-hydrogen) atoms. The number of carbonyl (C=O) groups excluding carboxylic acids is 1. The second kappa shape index (κ2) is 4.46. The van der Waals surface area contributed by atoms with Crippen LogP contribution in [0.15, 0.2) is 35.7 Å². The Morgan fingerprint density at radius 2 is 2.06 bits per heavy atom. The van der Waals surface area contributed by atoms with Crippen LogP contribution < -0.4 is 0 Å². The van der Waals surface area contributed by atoms with Crippen LogP contribution in [0.4, 0.5) is 0 Å². The minimum atomic E-state index is 0.234. The van der Waals surface area contributed by atoms with Crippen LogP contribution >= 0.6 is 11.3 Å². The summed E-state index contributed by atoms with van der Waals surface area (Å²) in [6.07, 6.45) is 4.18. The summed E-state index contributed by atoms with van der Waals surface area (Å²) in [6, 6.07) is 10.4. The molecule has 1 aromatic heterocycles. The van der Waals surface area contributed by atoms with Crippen LogP contribution in [0, 0.1) is 0 Å². The number of thiophene rings is 1. The maximum absolute atomic E-state index is 12.0. The maximum Gasteiger partial charge on any atom is 0.177 e. The van der Waals surface area contributed by atoms with Crippen molar-refractivity contribution in [1.82, 2.24) is 0 Å². The van der Waals surface area contributed by atoms with Crippen molar-refractivity contribution in [1.29, 1.82) is 0 Å². The van der Waals surface area contributed by atoms with E-state index < -0.39 is 0 Å². The van der Waals surface area contributed by atoms with Crippen molar-refractivity contribution in [2.24, 2.45) is 0 Å². The van der Waals surface area contributed by atoms with Gasteiger partial charge in [-0.3, -0.25) is 4.79 Å². The predicted molar refractivity (Wildman–Crippen MR) is 70.8 cm³/mol. The third-order valence-electron chi connectivity index (χ3n) is 3.32. The fraction of sp³-hybridized carbons (Fsp3) is 0.267. The van der Waals surface area contributed by atoms with E-state index in [-0.39, 0.29) is 5.78 Å². The van der Waals surface area contributed by atoms with E-state index in [1.807, 2.05) is 17.5 Å². The Balaban J connectivity index is 1.80. The molecule has 0 saturated heterocycles. The third-order valence-corrected chi connectivity index (χ3v) is 4.23. The summed E-state index contributed by atoms with van der Waals surface area (Å²) in [7, 11) is 0. The Bertz CT molecular complexity index is 540. The smallest absolute Gasteiger partial charge is 0.177 e. The molecule has 0 spiro atoms. The van der Waals surface area contributed by atoms with Crippen molar-refractivity contribution in [3.63, 3.8) is 0 Å². The quantitative estimate of drug-likeness (QED) is 0.751. The van der Waals surface area contributed by atoms with Crippen LogP contribution in [0.2, 0.25) is 0 Å². The molecule has 1 aliphatic rings. The van der Waals surface area contributed by atoms with Crippen molar-refractivity contribution >= 4 is 17.1 Å². The molecular formula is C15H14OS. The van der Waals surface area contributed by atoms with Crippen LogP contribution in [0.5, 0.6) is 0 Å². The van der Waals surface area contributed by atoms with Gasteiger partial charge in [0.25, 0.3) is 0 Å². The highest BCUT2D eigenvalue weighted by Crippen LogP contribution is 2.23. The maximum atomic E-state index is 12.0. The highest BCUT2D eigenvalue weighted by Gasteiger charge is 2.13. The van der Waals surface area contributed by atoms with E-state index in [1.54, 1.807) is 0 Å². The molecule has 1 nitrogen and oxygen atoms in total. The molecule has 2 aromatic rings. The number of hydrogen-bond donors (Lipinski definition) is 0. The first-order valence-corrected chi connectivity index (χ1v) is 6.88. The Morgan fingerprint density at radius 3 is 2.88 bits per heavy atom. The molecular weight excluding hydrogens is 228 g/mol. The molecule has 0 bridgehead atoms. The molecule has 1 aliphatic carbocycles. The standard InChI is InChI=1S/C15H14OS/c16-14(15-5-2-8-17-15)10-11-6-7-12-3-1-4-13(12)9-11/h2,5-9H,1,3-4,10H2. The Hall–Kier alpha value is -1.41. The monoisotopic (exact) mass is 242 g/mol. The highest BCUT2D eigenvalue weighted by atomic mass is 32.1. The second-order valence-electron chi connectivity index (χ2n) is 4.53. The van der Waals surface area contributed by atoms with Crippen LogP contribution in [0.1, 0.15) is 32.8 Å². The number of fused-ring (bicyclic) bond motifs is 1. The number of aryl methyl sites for hydroxylation is 2. The summed E-state index contributed by atoms with van der Waals surface area (Å²) in [5, 5.41) is 1.95. The number of ketones is 1. The van der Waals surface area contributed by atoms with Crippen LogP contribution in [0.25, 0.3) is 0 Å². The van der Waals surface area contributed by atoms with E-state index >= 15 is 0 Å². The first-order valence-electron chi connectivity index (χ1n) is 6.00. The van der Waals surface area contributed by atoms with Crippen LogP contribution in [-0.4, -0.2) is 5.78 Å². The van der Waals surface area contributed by atoms with Crippen molar-refractivity contribution < 1.29 is 4.79 Å². The Labute approximate surface area is 105 Å². The van der Waals surface area contributed by atoms with Crippen molar-refractivity contribution in [3.05, 3.63) is 57.3 Å². The molecule has 0 unspecified atom stereocenters. The van der Waals surface area contributed by atoms with E-state index in [2.05, 4.69) is 18.2 Å². The topological polar surface area (TPSA) is 17.1 Å². The molecule has 3 rings (SSSR count). The summed E-state index contributed by atoms with van der Waals surface area (Å²) in [5.41, 5.74) is 4.07. The first-order chi connectivity index (χ1) is 8.33. The van der Waals surface area contributed by atoms with E-state index in [9.17, 15) is 4.79 Å². The summed E-state index contributed by atoms with van der Waals surface area (Å²) >= 11 is 1.53. The summed E-state index contributed by atoms with van der Waals surface area (Å²) in [6.45, 7) is 0. The van der Waals surface area contributed by atoms with Gasteiger partial charge in [-0.25, -0.2) is 0 Å². The molecule has 0 saturated carbocycles. The molecule has 0 amide bonds. The average Bonchev–Trinajstić information content (AvgIpc) is 2.99. The molecule has 0 fully saturated rings. The van der Waals surface area contributed by atoms with Gasteiger partial charge in [-0.05, 0) is 47.4 Å². The van der Waals surface area contributed by atoms with Gasteiger partial charge in [0.15, 0.2) is 5.78 Å². The lowest BCUT2D eigenvalue weighted by atomic mass is 10.0. The zero-order valence-corrected chi connectivity index (χ0v) is 10.4. The van der Waals surface area contributed by atoms with Crippen molar-refractivity contribution in [2.75, 3.05) is 0 Å². The van der Waals surface area contributed by atoms with E-state index in [1.165, 1.54) is 41.7 Å². The number of Topliss-reactive ketones (excluding diaryl/α,β-unsaturated/α-hetero) is 1. The normalized spacial score (nSPS) is 13.6. The van der Waals surface area contributed by atoms with Gasteiger partial charge in [0.05, 0.1) is 4.88 Å². The minimum absolute atomic E-state index is 0.234. The lowest BCUT2D eigenvalue weighted by Gasteiger charge is -2.03. The van der Waals surface area contributed by atoms with Gasteiger partial charge in [-0.15, -0.1) is 11.3 Å². The van der Waals surface area contributed by atoms with Crippen molar-refractivity contribution in [2.45, 2.75) is 25.7 Å². The molecule has 86 valence electrons. The number of benzene rings is 1. The van der Waals surface area contributed by atoms with Gasteiger partial charge < -0.3 is 0 Å². The zero-order valence-electron chi connectivity index (χ0n) is 9.61. The molecule has 0 radical (unpaired) electrons. The third kappa shape index (κ3) is 2.18. The van der Waals surface area contributed by atoms with E-state index in [0.717, 1.165) is 10.4 Å². The molecule has 0 aliphatic heterocycles. The van der Waals surface area contributed by atoms with E-state index in [4.69, 9.17) is 0 Å². The number of carbonyl (C=O) groups is 1. The average molecular weight is 242 g/mol. The molecule has 0 N–H and O–H groups in total. The van der Waals surface area contributed by atoms with Gasteiger partial charge >= 0.3 is 0 Å². The van der Waals surface area contributed by atoms with Gasteiger partial charge in [-0.2, -0.15) is 0 Å². The van der Waals surface area contributed by atoms with Gasteiger partial charge in [0.2, 0.25) is 0 Å². The largest absolute Gasteiger partial charge is 0.293 e. The SMILES string of the molecule is O=C(Cc1ccc2c(c1)CCC2)c1cccs1. The van der Waals surface area contributed by atoms with Crippen LogP contribution in [-0.2, 0) is 19.3 Å². The highest BCUT2D eigenvalue weighted by molar-refractivity contribution is 7.12. The number of hydrogen-bond acceptors (Lipinski definition) is 2. The Kier molecular flexibility index (Phi) is 2.81. The fourth-order valence-electron chi connectivity index (χ4n) is 2.44. The van der Waals surface area contributed by atoms with Gasteiger partial charge in [-0.1, -0.05) is 24.3 Å². The lowest BCUT2D eigenvalue weighted by Crippen LogP contribution is -2.01. The fourth-order valence-corrected chi connectivity index (χ4v) is 3.11. The van der Waals surface area contributed by atoms with Crippen molar-refractivity contribution in [3.8, 4) is 0 Å². The second-order valence-corrected chi connectivity index (χ2v) is 5.48.